The van der Waals surface area contributed by atoms with Crippen molar-refractivity contribution in [1.82, 2.24) is 5.32 Å². The van der Waals surface area contributed by atoms with Crippen molar-refractivity contribution in [3.05, 3.63) is 111 Å². The van der Waals surface area contributed by atoms with Gasteiger partial charge in [-0.2, -0.15) is 9.83 Å². The van der Waals surface area contributed by atoms with Gasteiger partial charge in [0.1, 0.15) is 0 Å². The van der Waals surface area contributed by atoms with Crippen molar-refractivity contribution in [2.75, 3.05) is 0 Å². The SMILES string of the molecule is N#CC1=C(S)N[C@](O)(c2ccccc2)[C@H]([n+]2ccccc2)[C@H]1c1ccccc1Br. The highest BCUT2D eigenvalue weighted by Gasteiger charge is 2.55. The van der Waals surface area contributed by atoms with Crippen molar-refractivity contribution < 1.29 is 9.67 Å². The summed E-state index contributed by atoms with van der Waals surface area (Å²) in [5.41, 5.74) is 0.599. The Morgan fingerprint density at radius 1 is 1.00 bits per heavy atom. The number of aromatic nitrogens is 1. The number of allylic oxidation sites excluding steroid dienone is 1. The topological polar surface area (TPSA) is 59.9 Å². The molecule has 0 amide bonds. The van der Waals surface area contributed by atoms with Crippen LogP contribution < -0.4 is 9.88 Å². The standard InChI is InChI=1S/C23H18BrN3OS/c24-19-12-6-5-11-17(19)20-18(15-25)22(29)26-23(28,16-9-3-1-4-10-16)21(20)27-13-7-2-8-14-27/h1-14,20-21,26,28H/p+1/t20-,21+,23-/m0/s1. The van der Waals surface area contributed by atoms with Gasteiger partial charge < -0.3 is 10.4 Å². The van der Waals surface area contributed by atoms with Crippen LogP contribution in [0.1, 0.15) is 23.1 Å². The highest BCUT2D eigenvalue weighted by atomic mass is 79.9. The summed E-state index contributed by atoms with van der Waals surface area (Å²) in [6.07, 6.45) is 3.81. The Hall–Kier alpha value is -2.59. The molecular formula is C23H19BrN3OS+. The Morgan fingerprint density at radius 2 is 1.62 bits per heavy atom. The Balaban J connectivity index is 2.03. The summed E-state index contributed by atoms with van der Waals surface area (Å²) in [6, 6.07) is 24.7. The molecule has 0 radical (unpaired) electrons. The minimum absolute atomic E-state index is 0.368. The number of thiol groups is 1. The van der Waals surface area contributed by atoms with Gasteiger partial charge >= 0.3 is 0 Å². The maximum absolute atomic E-state index is 12.0. The van der Waals surface area contributed by atoms with Crippen LogP contribution in [0.5, 0.6) is 0 Å². The lowest BCUT2D eigenvalue weighted by atomic mass is 9.75. The highest BCUT2D eigenvalue weighted by molar-refractivity contribution is 9.10. The van der Waals surface area contributed by atoms with Gasteiger partial charge in [-0.3, -0.25) is 0 Å². The van der Waals surface area contributed by atoms with Crippen LogP contribution in [0, 0.1) is 11.3 Å². The molecule has 2 aromatic carbocycles. The third kappa shape index (κ3) is 3.46. The molecule has 1 aliphatic heterocycles. The lowest BCUT2D eigenvalue weighted by Crippen LogP contribution is -2.62. The number of nitriles is 1. The first-order valence-electron chi connectivity index (χ1n) is 9.16. The number of aliphatic hydroxyl groups is 1. The maximum Gasteiger partial charge on any atom is 0.227 e. The fourth-order valence-corrected chi connectivity index (χ4v) is 4.85. The van der Waals surface area contributed by atoms with E-state index in [2.05, 4.69) is 39.9 Å². The molecule has 0 fully saturated rings. The zero-order valence-corrected chi connectivity index (χ0v) is 17.9. The smallest absolute Gasteiger partial charge is 0.227 e. The van der Waals surface area contributed by atoms with E-state index in [1.165, 1.54) is 0 Å². The molecule has 2 N–H and O–H groups in total. The van der Waals surface area contributed by atoms with Gasteiger partial charge in [-0.1, -0.05) is 70.5 Å². The van der Waals surface area contributed by atoms with E-state index in [0.29, 0.717) is 16.2 Å². The average Bonchev–Trinajstić information content (AvgIpc) is 2.75. The summed E-state index contributed by atoms with van der Waals surface area (Å²) in [5.74, 6) is -0.429. The van der Waals surface area contributed by atoms with Gasteiger partial charge in [0.15, 0.2) is 12.4 Å². The molecule has 2 heterocycles. The number of nitrogens with zero attached hydrogens (tertiary/aromatic N) is 2. The molecule has 3 atom stereocenters. The molecule has 29 heavy (non-hydrogen) atoms. The Morgan fingerprint density at radius 3 is 2.28 bits per heavy atom. The second-order valence-corrected chi connectivity index (χ2v) is 8.20. The number of halogens is 1. The minimum atomic E-state index is -1.48. The molecule has 1 aliphatic rings. The van der Waals surface area contributed by atoms with E-state index in [9.17, 15) is 10.4 Å². The van der Waals surface area contributed by atoms with Crippen molar-refractivity contribution >= 4 is 28.6 Å². The Bertz CT molecular complexity index is 1100. The van der Waals surface area contributed by atoms with Crippen molar-refractivity contribution in [2.45, 2.75) is 17.7 Å². The highest BCUT2D eigenvalue weighted by Crippen LogP contribution is 2.48. The van der Waals surface area contributed by atoms with E-state index < -0.39 is 17.7 Å². The van der Waals surface area contributed by atoms with E-state index in [-0.39, 0.29) is 0 Å². The van der Waals surface area contributed by atoms with E-state index >= 15 is 0 Å². The van der Waals surface area contributed by atoms with Gasteiger partial charge in [0.25, 0.3) is 0 Å². The zero-order chi connectivity index (χ0) is 20.4. The molecule has 4 rings (SSSR count). The molecule has 0 bridgehead atoms. The van der Waals surface area contributed by atoms with Gasteiger partial charge in [0, 0.05) is 22.2 Å². The first-order chi connectivity index (χ1) is 14.1. The van der Waals surface area contributed by atoms with E-state index in [0.717, 1.165) is 10.0 Å². The van der Waals surface area contributed by atoms with Crippen molar-refractivity contribution in [1.29, 1.82) is 5.26 Å². The van der Waals surface area contributed by atoms with Crippen LogP contribution in [0.4, 0.5) is 0 Å². The fraction of sp³-hybridized carbons (Fsp3) is 0.130. The molecule has 0 aliphatic carbocycles. The normalized spacial score (nSPS) is 23.9. The number of nitrogens with one attached hydrogen (secondary N) is 1. The largest absolute Gasteiger partial charge is 0.362 e. The van der Waals surface area contributed by atoms with Crippen LogP contribution >= 0.6 is 28.6 Å². The number of benzene rings is 2. The van der Waals surface area contributed by atoms with Gasteiger partial charge in [0.2, 0.25) is 11.8 Å². The second-order valence-electron chi connectivity index (χ2n) is 6.90. The van der Waals surface area contributed by atoms with Gasteiger partial charge in [-0.05, 0) is 11.6 Å². The van der Waals surface area contributed by atoms with Crippen LogP contribution in [0.2, 0.25) is 0 Å². The summed E-state index contributed by atoms with van der Waals surface area (Å²) >= 11 is 8.19. The molecule has 4 nitrogen and oxygen atoms in total. The predicted molar refractivity (Wildman–Crippen MR) is 118 cm³/mol. The number of hydrogen-bond acceptors (Lipinski definition) is 4. The molecule has 0 spiro atoms. The monoisotopic (exact) mass is 464 g/mol. The molecule has 0 saturated heterocycles. The lowest BCUT2D eigenvalue weighted by Gasteiger charge is -2.42. The summed E-state index contributed by atoms with van der Waals surface area (Å²) in [6.45, 7) is 0. The van der Waals surface area contributed by atoms with Crippen LogP contribution in [-0.4, -0.2) is 5.11 Å². The fourth-order valence-electron chi connectivity index (χ4n) is 3.96. The Labute approximate surface area is 183 Å². The first kappa shape index (κ1) is 19.7. The van der Waals surface area contributed by atoms with Gasteiger partial charge in [-0.25, -0.2) is 0 Å². The Kier molecular flexibility index (Phi) is 5.46. The molecule has 1 aromatic heterocycles. The van der Waals surface area contributed by atoms with Crippen LogP contribution in [-0.2, 0) is 5.72 Å². The summed E-state index contributed by atoms with van der Waals surface area (Å²) in [4.78, 5) is 0. The third-order valence-corrected chi connectivity index (χ3v) is 6.33. The molecule has 6 heteroatoms. The van der Waals surface area contributed by atoms with Crippen LogP contribution in [0.25, 0.3) is 0 Å². The van der Waals surface area contributed by atoms with Gasteiger partial charge in [-0.15, -0.1) is 12.6 Å². The van der Waals surface area contributed by atoms with Crippen LogP contribution in [0.15, 0.2) is 100 Å². The quantitative estimate of drug-likeness (QED) is 0.402. The predicted octanol–water partition coefficient (Wildman–Crippen LogP) is 4.17. The number of pyridine rings is 1. The summed E-state index contributed by atoms with van der Waals surface area (Å²) in [5, 5.41) is 25.5. The van der Waals surface area contributed by atoms with Crippen molar-refractivity contribution in [3.63, 3.8) is 0 Å². The summed E-state index contributed by atoms with van der Waals surface area (Å²) < 4.78 is 2.82. The lowest BCUT2D eigenvalue weighted by molar-refractivity contribution is -0.743. The number of rotatable bonds is 3. The minimum Gasteiger partial charge on any atom is -0.362 e. The maximum atomic E-state index is 12.0. The van der Waals surface area contributed by atoms with Crippen molar-refractivity contribution in [2.24, 2.45) is 0 Å². The molecule has 0 unspecified atom stereocenters. The zero-order valence-electron chi connectivity index (χ0n) is 15.4. The molecule has 0 saturated carbocycles. The van der Waals surface area contributed by atoms with Gasteiger partial charge in [0.05, 0.1) is 22.6 Å². The van der Waals surface area contributed by atoms with Crippen LogP contribution in [0.3, 0.4) is 0 Å². The summed E-state index contributed by atoms with van der Waals surface area (Å²) in [7, 11) is 0. The third-order valence-electron chi connectivity index (χ3n) is 5.25. The second kappa shape index (κ2) is 8.03. The molecule has 3 aromatic rings. The van der Waals surface area contributed by atoms with E-state index in [4.69, 9.17) is 0 Å². The molecular weight excluding hydrogens is 446 g/mol. The first-order valence-corrected chi connectivity index (χ1v) is 10.4. The molecule has 144 valence electrons. The average molecular weight is 465 g/mol. The number of hydrogen-bond donors (Lipinski definition) is 3. The van der Waals surface area contributed by atoms with Crippen molar-refractivity contribution in [3.8, 4) is 6.07 Å². The van der Waals surface area contributed by atoms with E-state index in [1.807, 2.05) is 89.8 Å². The van der Waals surface area contributed by atoms with E-state index in [1.54, 1.807) is 0 Å².